The van der Waals surface area contributed by atoms with Gasteiger partial charge in [0.25, 0.3) is 11.8 Å². The lowest BCUT2D eigenvalue weighted by Gasteiger charge is -2.21. The number of nitrogens with one attached hydrogen (secondary N) is 2. The predicted octanol–water partition coefficient (Wildman–Crippen LogP) is 5.40. The Morgan fingerprint density at radius 3 is 2.42 bits per heavy atom. The summed E-state index contributed by atoms with van der Waals surface area (Å²) in [6.45, 7) is 3.64. The first-order chi connectivity index (χ1) is 18.2. The number of nitrogens with zero attached hydrogens (tertiary/aromatic N) is 1. The molecule has 8 nitrogen and oxygen atoms in total. The zero-order chi connectivity index (χ0) is 27.7. The molecule has 0 bridgehead atoms. The molecule has 3 rings (SSSR count). The summed E-state index contributed by atoms with van der Waals surface area (Å²) in [5.41, 5.74) is 3.76. The molecular weight excluding hydrogens is 553 g/mol. The van der Waals surface area contributed by atoms with Crippen LogP contribution in [0.4, 0.5) is 0 Å². The van der Waals surface area contributed by atoms with E-state index in [1.807, 2.05) is 30.3 Å². The molecule has 0 saturated heterocycles. The molecule has 0 aliphatic heterocycles. The summed E-state index contributed by atoms with van der Waals surface area (Å²) >= 11 is 18.1. The molecule has 200 valence electrons. The van der Waals surface area contributed by atoms with Gasteiger partial charge in [0.2, 0.25) is 0 Å². The van der Waals surface area contributed by atoms with Gasteiger partial charge in [-0.25, -0.2) is 5.43 Å². The maximum Gasteiger partial charge on any atom is 0.262 e. The summed E-state index contributed by atoms with van der Waals surface area (Å²) in [6.07, 6.45) is 0.600. The van der Waals surface area contributed by atoms with Crippen molar-refractivity contribution >= 4 is 52.8 Å². The van der Waals surface area contributed by atoms with Gasteiger partial charge in [-0.1, -0.05) is 65.1 Å². The molecule has 0 unspecified atom stereocenters. The Labute approximate surface area is 235 Å². The number of amides is 2. The fourth-order valence-corrected chi connectivity index (χ4v) is 4.02. The van der Waals surface area contributed by atoms with E-state index < -0.39 is 24.0 Å². The largest absolute Gasteiger partial charge is 0.503 e. The number of aromatic hydroxyl groups is 1. The normalized spacial score (nSPS) is 12.6. The van der Waals surface area contributed by atoms with Crippen LogP contribution in [-0.2, 0) is 16.0 Å². The molecule has 0 aliphatic carbocycles. The number of hydrogen-bond acceptors (Lipinski definition) is 6. The van der Waals surface area contributed by atoms with Gasteiger partial charge in [-0.15, -0.1) is 0 Å². The lowest BCUT2D eigenvalue weighted by Crippen LogP contribution is -2.50. The Bertz CT molecular complexity index is 1300. The van der Waals surface area contributed by atoms with Gasteiger partial charge in [-0.05, 0) is 55.3 Å². The first-order valence-electron chi connectivity index (χ1n) is 11.6. The van der Waals surface area contributed by atoms with E-state index in [0.29, 0.717) is 17.2 Å². The summed E-state index contributed by atoms with van der Waals surface area (Å²) in [7, 11) is 0. The third-order valence-electron chi connectivity index (χ3n) is 5.22. The van der Waals surface area contributed by atoms with Gasteiger partial charge < -0.3 is 19.9 Å². The highest BCUT2D eigenvalue weighted by molar-refractivity contribution is 6.35. The number of halogens is 3. The summed E-state index contributed by atoms with van der Waals surface area (Å²) < 4.78 is 11.0. The van der Waals surface area contributed by atoms with E-state index in [2.05, 4.69) is 15.8 Å². The molecular formula is C27H26Cl3N3O5. The molecule has 0 heterocycles. The number of hydrazone groups is 1. The Hall–Kier alpha value is -3.46. The molecule has 3 N–H and O–H groups in total. The molecule has 2 amide bonds. The average Bonchev–Trinajstić information content (AvgIpc) is 2.88. The molecule has 0 aliphatic rings. The van der Waals surface area contributed by atoms with Crippen LogP contribution in [0.15, 0.2) is 65.8 Å². The molecule has 0 saturated carbocycles. The molecule has 0 spiro atoms. The Morgan fingerprint density at radius 1 is 1.00 bits per heavy atom. The summed E-state index contributed by atoms with van der Waals surface area (Å²) in [5.74, 6) is -0.785. The smallest absolute Gasteiger partial charge is 0.262 e. The number of ether oxygens (including phenoxy) is 2. The van der Waals surface area contributed by atoms with Crippen LogP contribution in [-0.4, -0.2) is 41.9 Å². The minimum Gasteiger partial charge on any atom is -0.503 e. The maximum absolute atomic E-state index is 13.0. The summed E-state index contributed by atoms with van der Waals surface area (Å²) in [6, 6.07) is 15.9. The number of benzene rings is 3. The second-order valence-electron chi connectivity index (χ2n) is 8.10. The minimum absolute atomic E-state index is 0.0766. The van der Waals surface area contributed by atoms with Crippen LogP contribution in [0.1, 0.15) is 25.0 Å². The van der Waals surface area contributed by atoms with E-state index >= 15 is 0 Å². The first kappa shape index (κ1) is 29.1. The molecule has 3 aromatic rings. The fraction of sp³-hybridized carbons (Fsp3) is 0.222. The first-order valence-corrected chi connectivity index (χ1v) is 12.8. The predicted molar refractivity (Wildman–Crippen MR) is 149 cm³/mol. The van der Waals surface area contributed by atoms with Gasteiger partial charge in [-0.3, -0.25) is 9.59 Å². The standard InChI is InChI=1S/C27H26Cl3N3O5/c1-3-37-24-13-18(11-21(30)25(24)34)15-31-33-27(36)22(12-17-7-5-4-6-8-17)32-26(35)16(2)38-23-10-9-19(28)14-20(23)29/h4-11,13-16,22,34H,3,12H2,1-2H3,(H,32,35)(H,33,36)/b31-15-/t16-,22+/m1/s1. The molecule has 0 fully saturated rings. The van der Waals surface area contributed by atoms with Crippen molar-refractivity contribution in [3.05, 3.63) is 86.9 Å². The van der Waals surface area contributed by atoms with E-state index in [4.69, 9.17) is 44.3 Å². The second kappa shape index (κ2) is 13.9. The number of carbonyl (C=O) groups excluding carboxylic acids is 2. The van der Waals surface area contributed by atoms with Crippen molar-refractivity contribution in [1.29, 1.82) is 0 Å². The van der Waals surface area contributed by atoms with Gasteiger partial charge in [0.05, 0.1) is 22.9 Å². The molecule has 0 aromatic heterocycles. The quantitative estimate of drug-likeness (QED) is 0.209. The maximum atomic E-state index is 13.0. The number of rotatable bonds is 11. The van der Waals surface area contributed by atoms with Gasteiger partial charge in [0.1, 0.15) is 11.8 Å². The van der Waals surface area contributed by atoms with Crippen LogP contribution >= 0.6 is 34.8 Å². The zero-order valence-corrected chi connectivity index (χ0v) is 22.8. The van der Waals surface area contributed by atoms with E-state index in [1.165, 1.54) is 24.4 Å². The zero-order valence-electron chi connectivity index (χ0n) is 20.6. The van der Waals surface area contributed by atoms with Crippen LogP contribution in [0.25, 0.3) is 0 Å². The van der Waals surface area contributed by atoms with Crippen molar-refractivity contribution in [1.82, 2.24) is 10.7 Å². The van der Waals surface area contributed by atoms with Crippen LogP contribution in [0.5, 0.6) is 17.2 Å². The number of phenols is 1. The average molecular weight is 579 g/mol. The molecule has 38 heavy (non-hydrogen) atoms. The molecule has 3 aromatic carbocycles. The Balaban J connectivity index is 1.72. The van der Waals surface area contributed by atoms with Crippen LogP contribution in [0.2, 0.25) is 15.1 Å². The number of phenolic OH excluding ortho intramolecular Hbond substituents is 1. The lowest BCUT2D eigenvalue weighted by molar-refractivity contribution is -0.132. The van der Waals surface area contributed by atoms with Crippen molar-refractivity contribution < 1.29 is 24.2 Å². The van der Waals surface area contributed by atoms with Crippen molar-refractivity contribution in [3.8, 4) is 17.2 Å². The van der Waals surface area contributed by atoms with Gasteiger partial charge in [-0.2, -0.15) is 5.10 Å². The third kappa shape index (κ3) is 8.28. The van der Waals surface area contributed by atoms with Crippen molar-refractivity contribution in [3.63, 3.8) is 0 Å². The summed E-state index contributed by atoms with van der Waals surface area (Å²) in [5, 5.41) is 17.5. The van der Waals surface area contributed by atoms with Crippen molar-refractivity contribution in [2.45, 2.75) is 32.4 Å². The third-order valence-corrected chi connectivity index (χ3v) is 6.04. The van der Waals surface area contributed by atoms with Crippen molar-refractivity contribution in [2.75, 3.05) is 6.61 Å². The van der Waals surface area contributed by atoms with E-state index in [1.54, 1.807) is 26.0 Å². The fourth-order valence-electron chi connectivity index (χ4n) is 3.35. The van der Waals surface area contributed by atoms with Crippen LogP contribution < -0.4 is 20.2 Å². The van der Waals surface area contributed by atoms with E-state index in [9.17, 15) is 14.7 Å². The second-order valence-corrected chi connectivity index (χ2v) is 9.35. The highest BCUT2D eigenvalue weighted by atomic mass is 35.5. The highest BCUT2D eigenvalue weighted by Gasteiger charge is 2.25. The van der Waals surface area contributed by atoms with Crippen LogP contribution in [0, 0.1) is 0 Å². The Kier molecular flexibility index (Phi) is 10.6. The SMILES string of the molecule is CCOc1cc(/C=N\NC(=O)[C@H](Cc2ccccc2)NC(=O)[C@@H](C)Oc2ccc(Cl)cc2Cl)cc(Cl)c1O. The number of carbonyl (C=O) groups is 2. The summed E-state index contributed by atoms with van der Waals surface area (Å²) in [4.78, 5) is 25.9. The number of hydrogen-bond donors (Lipinski definition) is 3. The van der Waals surface area contributed by atoms with E-state index in [0.717, 1.165) is 5.56 Å². The molecule has 2 atom stereocenters. The van der Waals surface area contributed by atoms with Gasteiger partial charge in [0, 0.05) is 11.4 Å². The topological polar surface area (TPSA) is 109 Å². The van der Waals surface area contributed by atoms with E-state index in [-0.39, 0.29) is 33.7 Å². The monoisotopic (exact) mass is 577 g/mol. The molecule has 0 radical (unpaired) electrons. The molecule has 11 heteroatoms. The van der Waals surface area contributed by atoms with Crippen molar-refractivity contribution in [2.24, 2.45) is 5.10 Å². The van der Waals surface area contributed by atoms with Gasteiger partial charge in [0.15, 0.2) is 17.6 Å². The van der Waals surface area contributed by atoms with Gasteiger partial charge >= 0.3 is 0 Å². The highest BCUT2D eigenvalue weighted by Crippen LogP contribution is 2.34. The van der Waals surface area contributed by atoms with Crippen LogP contribution in [0.3, 0.4) is 0 Å². The lowest BCUT2D eigenvalue weighted by atomic mass is 10.1. The Morgan fingerprint density at radius 2 is 1.74 bits per heavy atom. The minimum atomic E-state index is -0.962.